The smallest absolute Gasteiger partial charge is 0.466 e. The summed E-state index contributed by atoms with van der Waals surface area (Å²) in [5.41, 5.74) is 1.96. The van der Waals surface area contributed by atoms with Gasteiger partial charge in [0, 0.05) is 10.9 Å². The molecule has 0 aliphatic heterocycles. The van der Waals surface area contributed by atoms with Crippen LogP contribution in [0.4, 0.5) is 0 Å². The minimum Gasteiger partial charge on any atom is -0.474 e. The van der Waals surface area contributed by atoms with E-state index in [0.29, 0.717) is 0 Å². The molecule has 6 nitrogen and oxygen atoms in total. The molecule has 0 heterocycles. The zero-order chi connectivity index (χ0) is 18.2. The number of ether oxygens (including phenoxy) is 1. The fourth-order valence-electron chi connectivity index (χ4n) is 2.04. The van der Waals surface area contributed by atoms with E-state index < -0.39 is 7.82 Å². The Labute approximate surface area is 139 Å². The molecule has 0 saturated heterocycles. The zero-order valence-corrected chi connectivity index (χ0v) is 13.6. The van der Waals surface area contributed by atoms with Crippen LogP contribution in [0.15, 0.2) is 68.2 Å². The number of phosphoric acid groups is 1. The Balaban J connectivity index is 0.000000243. The molecule has 0 atom stereocenters. The number of benzene rings is 2. The highest BCUT2D eigenvalue weighted by atomic mass is 31.2. The van der Waals surface area contributed by atoms with Crippen molar-refractivity contribution >= 4 is 30.5 Å². The van der Waals surface area contributed by atoms with Crippen LogP contribution in [0.3, 0.4) is 0 Å². The van der Waals surface area contributed by atoms with Crippen LogP contribution in [0.5, 0.6) is 0 Å². The summed E-state index contributed by atoms with van der Waals surface area (Å²) in [5, 5.41) is 2.22. The normalized spacial score (nSPS) is 11.5. The van der Waals surface area contributed by atoms with Crippen molar-refractivity contribution in [2.24, 2.45) is 0 Å². The van der Waals surface area contributed by atoms with Crippen molar-refractivity contribution in [1.29, 1.82) is 0 Å². The molecule has 24 heavy (non-hydrogen) atoms. The van der Waals surface area contributed by atoms with Gasteiger partial charge < -0.3 is 19.4 Å². The maximum absolute atomic E-state index is 11.6. The summed E-state index contributed by atoms with van der Waals surface area (Å²) in [5.74, 6) is 0.106. The molecule has 2 aromatic rings. The Morgan fingerprint density at radius 3 is 2.00 bits per heavy atom. The standard InChI is InChI=1S/C13H8O.C4H6O.H3O4P/c14-12-8-7-10-4-1-3-9-5-2-6-11(12)13(9)10;1-3-5-4-2;1-5(2,3)4/h1-8H;3-4H,1-2H2;(H3,1,2,3,4). The molecule has 2 aromatic carbocycles. The summed E-state index contributed by atoms with van der Waals surface area (Å²) in [6.07, 6.45) is 6.15. The molecule has 3 rings (SSSR count). The number of ketones is 1. The number of hydrogen-bond acceptors (Lipinski definition) is 3. The molecule has 0 saturated carbocycles. The number of rotatable bonds is 2. The van der Waals surface area contributed by atoms with E-state index in [0.717, 1.165) is 21.9 Å². The van der Waals surface area contributed by atoms with Crippen LogP contribution in [0.2, 0.25) is 0 Å². The molecule has 0 unspecified atom stereocenters. The van der Waals surface area contributed by atoms with E-state index in [9.17, 15) is 4.79 Å². The van der Waals surface area contributed by atoms with Gasteiger partial charge in [-0.1, -0.05) is 55.6 Å². The van der Waals surface area contributed by atoms with Gasteiger partial charge in [-0.05, 0) is 17.0 Å². The molecule has 0 aromatic heterocycles. The molecule has 0 radical (unpaired) electrons. The van der Waals surface area contributed by atoms with E-state index in [-0.39, 0.29) is 5.78 Å². The minimum absolute atomic E-state index is 0.106. The van der Waals surface area contributed by atoms with Gasteiger partial charge >= 0.3 is 7.82 Å². The lowest BCUT2D eigenvalue weighted by Gasteiger charge is -2.10. The second kappa shape index (κ2) is 8.96. The van der Waals surface area contributed by atoms with E-state index in [4.69, 9.17) is 19.2 Å². The highest BCUT2D eigenvalue weighted by Crippen LogP contribution is 2.28. The van der Waals surface area contributed by atoms with Crippen LogP contribution >= 0.6 is 7.82 Å². The largest absolute Gasteiger partial charge is 0.474 e. The Morgan fingerprint density at radius 1 is 0.958 bits per heavy atom. The molecule has 0 fully saturated rings. The number of carbonyl (C=O) groups excluding carboxylic acids is 1. The number of allylic oxidation sites excluding steroid dienone is 1. The summed E-state index contributed by atoms with van der Waals surface area (Å²) in [7, 11) is -4.64. The van der Waals surface area contributed by atoms with Crippen molar-refractivity contribution in [3.05, 3.63) is 79.3 Å². The van der Waals surface area contributed by atoms with Gasteiger partial charge in [0.1, 0.15) is 0 Å². The monoisotopic (exact) mass is 348 g/mol. The van der Waals surface area contributed by atoms with Crippen molar-refractivity contribution in [1.82, 2.24) is 0 Å². The first-order valence-electron chi connectivity index (χ1n) is 6.67. The third-order valence-corrected chi connectivity index (χ3v) is 2.81. The lowest BCUT2D eigenvalue weighted by Crippen LogP contribution is -2.00. The third-order valence-electron chi connectivity index (χ3n) is 2.81. The van der Waals surface area contributed by atoms with Crippen LogP contribution in [0.1, 0.15) is 15.9 Å². The van der Waals surface area contributed by atoms with Crippen LogP contribution in [-0.4, -0.2) is 20.5 Å². The summed E-state index contributed by atoms with van der Waals surface area (Å²) >= 11 is 0. The van der Waals surface area contributed by atoms with Crippen molar-refractivity contribution in [3.63, 3.8) is 0 Å². The fourth-order valence-corrected chi connectivity index (χ4v) is 2.04. The Hall–Kier alpha value is -2.50. The summed E-state index contributed by atoms with van der Waals surface area (Å²) in [6.45, 7) is 6.51. The molecule has 0 amide bonds. The number of hydrogen-bond donors (Lipinski definition) is 3. The maximum atomic E-state index is 11.6. The second-order valence-electron chi connectivity index (χ2n) is 4.43. The summed E-state index contributed by atoms with van der Waals surface area (Å²) in [6, 6.07) is 11.9. The summed E-state index contributed by atoms with van der Waals surface area (Å²) < 4.78 is 13.2. The molecule has 1 aliphatic carbocycles. The van der Waals surface area contributed by atoms with E-state index in [1.54, 1.807) is 6.08 Å². The molecular formula is C17H17O6P. The van der Waals surface area contributed by atoms with Gasteiger partial charge in [0.15, 0.2) is 5.78 Å². The van der Waals surface area contributed by atoms with Crippen molar-refractivity contribution in [3.8, 4) is 0 Å². The quantitative estimate of drug-likeness (QED) is 0.567. The van der Waals surface area contributed by atoms with E-state index in [1.165, 1.54) is 12.5 Å². The van der Waals surface area contributed by atoms with Crippen molar-refractivity contribution in [2.75, 3.05) is 0 Å². The maximum Gasteiger partial charge on any atom is 0.466 e. The van der Waals surface area contributed by atoms with Gasteiger partial charge in [-0.15, -0.1) is 0 Å². The van der Waals surface area contributed by atoms with Crippen LogP contribution in [-0.2, 0) is 9.30 Å². The van der Waals surface area contributed by atoms with Gasteiger partial charge in [0.25, 0.3) is 0 Å². The minimum atomic E-state index is -4.64. The van der Waals surface area contributed by atoms with E-state index in [2.05, 4.69) is 17.9 Å². The number of carbonyl (C=O) groups is 1. The van der Waals surface area contributed by atoms with Gasteiger partial charge in [-0.25, -0.2) is 4.57 Å². The van der Waals surface area contributed by atoms with E-state index in [1.807, 2.05) is 42.5 Å². The molecule has 0 bridgehead atoms. The van der Waals surface area contributed by atoms with Crippen LogP contribution in [0, 0.1) is 0 Å². The Kier molecular flexibility index (Phi) is 7.30. The van der Waals surface area contributed by atoms with Crippen LogP contribution in [0.25, 0.3) is 16.8 Å². The van der Waals surface area contributed by atoms with Crippen molar-refractivity contribution < 1.29 is 28.8 Å². The lowest BCUT2D eigenvalue weighted by molar-refractivity contribution is 0.104. The highest BCUT2D eigenvalue weighted by Gasteiger charge is 2.13. The molecule has 0 spiro atoms. The summed E-state index contributed by atoms with van der Waals surface area (Å²) in [4.78, 5) is 33.1. The first-order chi connectivity index (χ1) is 11.3. The molecule has 3 N–H and O–H groups in total. The topological polar surface area (TPSA) is 104 Å². The van der Waals surface area contributed by atoms with Crippen molar-refractivity contribution in [2.45, 2.75) is 0 Å². The average molecular weight is 348 g/mol. The van der Waals surface area contributed by atoms with Crippen LogP contribution < -0.4 is 0 Å². The van der Waals surface area contributed by atoms with Gasteiger partial charge in [0.2, 0.25) is 0 Å². The van der Waals surface area contributed by atoms with Gasteiger partial charge in [-0.3, -0.25) is 4.79 Å². The predicted octanol–water partition coefficient (Wildman–Crippen LogP) is 3.41. The molecule has 1 aliphatic rings. The van der Waals surface area contributed by atoms with E-state index >= 15 is 0 Å². The Morgan fingerprint density at radius 2 is 1.50 bits per heavy atom. The molecular weight excluding hydrogens is 331 g/mol. The molecule has 126 valence electrons. The lowest BCUT2D eigenvalue weighted by atomic mass is 9.92. The third kappa shape index (κ3) is 6.32. The van der Waals surface area contributed by atoms with Gasteiger partial charge in [-0.2, -0.15) is 0 Å². The molecule has 7 heteroatoms. The van der Waals surface area contributed by atoms with Gasteiger partial charge in [0.05, 0.1) is 12.5 Å². The first-order valence-corrected chi connectivity index (χ1v) is 8.24. The Bertz CT molecular complexity index is 799. The average Bonchev–Trinajstić information content (AvgIpc) is 2.51. The second-order valence-corrected chi connectivity index (χ2v) is 5.46. The first kappa shape index (κ1) is 19.5. The predicted molar refractivity (Wildman–Crippen MR) is 93.1 cm³/mol. The highest BCUT2D eigenvalue weighted by molar-refractivity contribution is 7.45. The fraction of sp³-hybridized carbons (Fsp3) is 0. The zero-order valence-electron chi connectivity index (χ0n) is 12.7. The SMILES string of the molecule is C=COC=C.O=C1C=Cc2cccc3cccc1c23.O=P(O)(O)O.